The van der Waals surface area contributed by atoms with Crippen LogP contribution in [0.5, 0.6) is 0 Å². The lowest BCUT2D eigenvalue weighted by Gasteiger charge is -2.20. The molecule has 3 rings (SSSR count). The number of nitro groups is 1. The zero-order valence-electron chi connectivity index (χ0n) is 17.2. The minimum Gasteiger partial charge on any atom is -0.452 e. The molecule has 1 aliphatic rings. The lowest BCUT2D eigenvalue weighted by Crippen LogP contribution is -2.35. The standard InChI is InChI=1S/C21H23N3O7S/c25-20(23-12-5-1-2-6-13-23)15-31-21(26)18-10-3-4-11-19(18)22-32(29,30)17-9-7-8-16(14-17)24(27)28/h3-4,7-11,14,22H,1-2,5-6,12-13,15H2. The number of rotatable bonds is 7. The number of nitrogens with one attached hydrogen (secondary N) is 1. The van der Waals surface area contributed by atoms with Crippen LogP contribution in [0, 0.1) is 10.1 Å². The Morgan fingerprint density at radius 2 is 1.72 bits per heavy atom. The van der Waals surface area contributed by atoms with E-state index in [4.69, 9.17) is 4.74 Å². The molecule has 32 heavy (non-hydrogen) atoms. The fourth-order valence-corrected chi connectivity index (χ4v) is 4.45. The van der Waals surface area contributed by atoms with E-state index < -0.39 is 27.5 Å². The Morgan fingerprint density at radius 1 is 1.03 bits per heavy atom. The second-order valence-corrected chi connectivity index (χ2v) is 8.96. The predicted molar refractivity (Wildman–Crippen MR) is 116 cm³/mol. The molecule has 0 bridgehead atoms. The molecule has 10 nitrogen and oxygen atoms in total. The molecule has 0 spiro atoms. The van der Waals surface area contributed by atoms with Gasteiger partial charge in [0, 0.05) is 25.2 Å². The molecule has 0 radical (unpaired) electrons. The highest BCUT2D eigenvalue weighted by molar-refractivity contribution is 7.92. The van der Waals surface area contributed by atoms with E-state index in [1.54, 1.807) is 4.90 Å². The van der Waals surface area contributed by atoms with Gasteiger partial charge in [-0.25, -0.2) is 13.2 Å². The van der Waals surface area contributed by atoms with Gasteiger partial charge in [-0.1, -0.05) is 31.0 Å². The highest BCUT2D eigenvalue weighted by Crippen LogP contribution is 2.23. The summed E-state index contributed by atoms with van der Waals surface area (Å²) in [5.74, 6) is -1.15. The number of carbonyl (C=O) groups excluding carboxylic acids is 2. The minimum atomic E-state index is -4.22. The van der Waals surface area contributed by atoms with Crippen molar-refractivity contribution in [3.63, 3.8) is 0 Å². The SMILES string of the molecule is O=C(OCC(=O)N1CCCCCC1)c1ccccc1NS(=O)(=O)c1cccc([N+](=O)[O-])c1. The number of nitrogens with zero attached hydrogens (tertiary/aromatic N) is 2. The maximum atomic E-state index is 12.7. The van der Waals surface area contributed by atoms with Gasteiger partial charge in [-0.3, -0.25) is 19.6 Å². The van der Waals surface area contributed by atoms with Crippen LogP contribution in [-0.2, 0) is 19.6 Å². The van der Waals surface area contributed by atoms with E-state index >= 15 is 0 Å². The second kappa shape index (κ2) is 10.2. The van der Waals surface area contributed by atoms with Gasteiger partial charge in [0.1, 0.15) is 0 Å². The maximum absolute atomic E-state index is 12.7. The van der Waals surface area contributed by atoms with Crippen molar-refractivity contribution in [1.82, 2.24) is 4.90 Å². The van der Waals surface area contributed by atoms with Gasteiger partial charge >= 0.3 is 5.97 Å². The lowest BCUT2D eigenvalue weighted by molar-refractivity contribution is -0.385. The molecule has 0 atom stereocenters. The van der Waals surface area contributed by atoms with E-state index in [1.165, 1.54) is 42.5 Å². The van der Waals surface area contributed by atoms with Crippen molar-refractivity contribution in [2.45, 2.75) is 30.6 Å². The maximum Gasteiger partial charge on any atom is 0.340 e. The Bertz CT molecular complexity index is 1110. The molecular formula is C21H23N3O7S. The van der Waals surface area contributed by atoms with Crippen LogP contribution in [0.4, 0.5) is 11.4 Å². The number of ether oxygens (including phenoxy) is 1. The van der Waals surface area contributed by atoms with Crippen molar-refractivity contribution in [2.75, 3.05) is 24.4 Å². The fraction of sp³-hybridized carbons (Fsp3) is 0.333. The van der Waals surface area contributed by atoms with Crippen molar-refractivity contribution in [2.24, 2.45) is 0 Å². The average molecular weight is 461 g/mol. The summed E-state index contributed by atoms with van der Waals surface area (Å²) >= 11 is 0. The third-order valence-electron chi connectivity index (χ3n) is 5.02. The summed E-state index contributed by atoms with van der Waals surface area (Å²) < 4.78 is 32.8. The number of hydrogen-bond donors (Lipinski definition) is 1. The van der Waals surface area contributed by atoms with Gasteiger partial charge in [0.05, 0.1) is 21.1 Å². The van der Waals surface area contributed by atoms with Gasteiger partial charge in [0.25, 0.3) is 21.6 Å². The molecule has 1 N–H and O–H groups in total. The lowest BCUT2D eigenvalue weighted by atomic mass is 10.2. The third-order valence-corrected chi connectivity index (χ3v) is 6.38. The predicted octanol–water partition coefficient (Wildman–Crippen LogP) is 2.96. The van der Waals surface area contributed by atoms with Crippen molar-refractivity contribution in [1.29, 1.82) is 0 Å². The molecule has 2 aromatic carbocycles. The molecule has 2 aromatic rings. The van der Waals surface area contributed by atoms with Crippen LogP contribution < -0.4 is 4.72 Å². The number of sulfonamides is 1. The quantitative estimate of drug-likeness (QED) is 0.380. The molecule has 170 valence electrons. The molecule has 0 saturated carbocycles. The fourth-order valence-electron chi connectivity index (χ4n) is 3.33. The number of nitro benzene ring substituents is 1. The summed E-state index contributed by atoms with van der Waals surface area (Å²) in [5.41, 5.74) is -0.524. The third kappa shape index (κ3) is 5.82. The molecule has 1 saturated heterocycles. The molecule has 1 amide bonds. The van der Waals surface area contributed by atoms with E-state index in [2.05, 4.69) is 4.72 Å². The molecule has 0 unspecified atom stereocenters. The molecule has 0 aromatic heterocycles. The number of hydrogen-bond acceptors (Lipinski definition) is 7. The van der Waals surface area contributed by atoms with Crippen LogP contribution in [0.2, 0.25) is 0 Å². The number of para-hydroxylation sites is 1. The molecule has 1 aliphatic heterocycles. The zero-order chi connectivity index (χ0) is 23.1. The highest BCUT2D eigenvalue weighted by Gasteiger charge is 2.23. The molecule has 1 heterocycles. The Kier molecular flexibility index (Phi) is 7.41. The highest BCUT2D eigenvalue weighted by atomic mass is 32.2. The number of anilines is 1. The number of non-ortho nitro benzene ring substituents is 1. The number of likely N-dealkylation sites (tertiary alicyclic amines) is 1. The van der Waals surface area contributed by atoms with Crippen molar-refractivity contribution in [3.8, 4) is 0 Å². The Labute approximate surface area is 185 Å². The molecule has 11 heteroatoms. The molecular weight excluding hydrogens is 438 g/mol. The van der Waals surface area contributed by atoms with E-state index in [9.17, 15) is 28.1 Å². The summed E-state index contributed by atoms with van der Waals surface area (Å²) in [6, 6.07) is 10.3. The first-order valence-corrected chi connectivity index (χ1v) is 11.6. The normalized spacial score (nSPS) is 14.3. The first-order valence-electron chi connectivity index (χ1n) is 10.1. The van der Waals surface area contributed by atoms with Crippen molar-refractivity contribution in [3.05, 3.63) is 64.2 Å². The number of esters is 1. The number of amides is 1. The van der Waals surface area contributed by atoms with Gasteiger partial charge in [-0.15, -0.1) is 0 Å². The van der Waals surface area contributed by atoms with Gasteiger partial charge < -0.3 is 9.64 Å². The van der Waals surface area contributed by atoms with E-state index in [0.717, 1.165) is 31.7 Å². The number of carbonyl (C=O) groups is 2. The van der Waals surface area contributed by atoms with Crippen molar-refractivity contribution < 1.29 is 27.7 Å². The van der Waals surface area contributed by atoms with Crippen LogP contribution >= 0.6 is 0 Å². The zero-order valence-corrected chi connectivity index (χ0v) is 18.0. The molecule has 1 fully saturated rings. The van der Waals surface area contributed by atoms with Crippen LogP contribution in [-0.4, -0.2) is 49.8 Å². The summed E-state index contributed by atoms with van der Waals surface area (Å²) in [4.78, 5) is 36.5. The van der Waals surface area contributed by atoms with Gasteiger partial charge in [-0.05, 0) is 31.0 Å². The summed E-state index contributed by atoms with van der Waals surface area (Å²) in [6.45, 7) is 0.802. The summed E-state index contributed by atoms with van der Waals surface area (Å²) in [6.07, 6.45) is 3.92. The van der Waals surface area contributed by atoms with Crippen molar-refractivity contribution >= 4 is 33.3 Å². The van der Waals surface area contributed by atoms with Crippen LogP contribution in [0.25, 0.3) is 0 Å². The van der Waals surface area contributed by atoms with Crippen LogP contribution in [0.3, 0.4) is 0 Å². The van der Waals surface area contributed by atoms with E-state index in [-0.39, 0.29) is 27.7 Å². The Morgan fingerprint density at radius 3 is 2.41 bits per heavy atom. The van der Waals surface area contributed by atoms with Crippen LogP contribution in [0.15, 0.2) is 53.4 Å². The van der Waals surface area contributed by atoms with Gasteiger partial charge in [-0.2, -0.15) is 0 Å². The first-order chi connectivity index (χ1) is 15.3. The van der Waals surface area contributed by atoms with E-state index in [1.807, 2.05) is 0 Å². The Balaban J connectivity index is 1.72. The topological polar surface area (TPSA) is 136 Å². The monoisotopic (exact) mass is 461 g/mol. The van der Waals surface area contributed by atoms with E-state index in [0.29, 0.717) is 13.1 Å². The van der Waals surface area contributed by atoms with Crippen LogP contribution in [0.1, 0.15) is 36.0 Å². The van der Waals surface area contributed by atoms with Gasteiger partial charge in [0.15, 0.2) is 6.61 Å². The second-order valence-electron chi connectivity index (χ2n) is 7.28. The summed E-state index contributed by atoms with van der Waals surface area (Å²) in [5, 5.41) is 10.9. The minimum absolute atomic E-state index is 0.0637. The molecule has 0 aliphatic carbocycles. The Hall–Kier alpha value is -3.47. The largest absolute Gasteiger partial charge is 0.452 e. The average Bonchev–Trinajstić information content (AvgIpc) is 3.07. The smallest absolute Gasteiger partial charge is 0.340 e. The number of benzene rings is 2. The van der Waals surface area contributed by atoms with Gasteiger partial charge in [0.2, 0.25) is 0 Å². The summed E-state index contributed by atoms with van der Waals surface area (Å²) in [7, 11) is -4.22. The first kappa shape index (κ1) is 23.2.